The van der Waals surface area contributed by atoms with Gasteiger partial charge in [-0.15, -0.1) is 11.3 Å². The molecule has 2 aromatic rings. The summed E-state index contributed by atoms with van der Waals surface area (Å²) in [5, 5.41) is 11.8. The van der Waals surface area contributed by atoms with Crippen LogP contribution in [0.25, 0.3) is 0 Å². The predicted octanol–water partition coefficient (Wildman–Crippen LogP) is 9.06. The molecule has 1 aromatic carbocycles. The van der Waals surface area contributed by atoms with Gasteiger partial charge in [0.1, 0.15) is 36.6 Å². The van der Waals surface area contributed by atoms with E-state index in [2.05, 4.69) is 43.6 Å². The van der Waals surface area contributed by atoms with Gasteiger partial charge in [-0.1, -0.05) is 71.0 Å². The quantitative estimate of drug-likeness (QED) is 0.140. The van der Waals surface area contributed by atoms with Crippen molar-refractivity contribution in [1.82, 2.24) is 0 Å². The maximum absolute atomic E-state index is 11.3. The van der Waals surface area contributed by atoms with Crippen LogP contribution >= 0.6 is 38.9 Å². The molecule has 6 atom stereocenters. The molecule has 4 unspecified atom stereocenters. The minimum atomic E-state index is -0.855. The van der Waals surface area contributed by atoms with E-state index >= 15 is 0 Å². The van der Waals surface area contributed by atoms with Crippen LogP contribution in [0, 0.1) is 0 Å². The summed E-state index contributed by atoms with van der Waals surface area (Å²) < 4.78 is 33.7. The zero-order valence-electron chi connectivity index (χ0n) is 25.7. The van der Waals surface area contributed by atoms with Gasteiger partial charge in [-0.05, 0) is 71.4 Å². The number of thiophene rings is 1. The maximum Gasteiger partial charge on any atom is 0.117 e. The van der Waals surface area contributed by atoms with E-state index in [1.807, 2.05) is 30.3 Å². The first-order chi connectivity index (χ1) is 20.4. The summed E-state index contributed by atoms with van der Waals surface area (Å²) in [6, 6.07) is 9.62. The van der Waals surface area contributed by atoms with E-state index in [-0.39, 0.29) is 18.3 Å². The van der Waals surface area contributed by atoms with E-state index in [0.29, 0.717) is 43.6 Å². The molecule has 0 spiro atoms. The molecule has 1 saturated heterocycles. The summed E-state index contributed by atoms with van der Waals surface area (Å²) >= 11 is 11.6. The van der Waals surface area contributed by atoms with Gasteiger partial charge in [-0.25, -0.2) is 0 Å². The van der Waals surface area contributed by atoms with Crippen LogP contribution in [0.2, 0.25) is 5.02 Å². The third kappa shape index (κ3) is 10.5. The molecule has 1 aromatic heterocycles. The second-order valence-corrected chi connectivity index (χ2v) is 13.8. The Hall–Kier alpha value is -0.550. The fourth-order valence-corrected chi connectivity index (χ4v) is 6.65. The summed E-state index contributed by atoms with van der Waals surface area (Å²) in [4.78, 5) is 0.814. The van der Waals surface area contributed by atoms with Crippen molar-refractivity contribution in [2.45, 2.75) is 116 Å². The van der Waals surface area contributed by atoms with Crippen molar-refractivity contribution in [1.29, 1.82) is 0 Å². The van der Waals surface area contributed by atoms with Crippen molar-refractivity contribution in [3.8, 4) is 0 Å². The van der Waals surface area contributed by atoms with Crippen LogP contribution in [-0.2, 0) is 23.7 Å². The average molecular weight is 690 g/mol. The lowest BCUT2D eigenvalue weighted by atomic mass is 9.89. The third-order valence-electron chi connectivity index (χ3n) is 7.49. The number of ether oxygens (including phenoxy) is 5. The van der Waals surface area contributed by atoms with Gasteiger partial charge in [0.2, 0.25) is 0 Å². The molecule has 0 amide bonds. The van der Waals surface area contributed by atoms with E-state index in [9.17, 15) is 5.11 Å². The summed E-state index contributed by atoms with van der Waals surface area (Å²) in [6.45, 7) is 11.6. The first kappa shape index (κ1) is 35.9. The molecule has 2 heterocycles. The molecule has 9 heteroatoms. The monoisotopic (exact) mass is 688 g/mol. The van der Waals surface area contributed by atoms with Gasteiger partial charge in [-0.3, -0.25) is 0 Å². The maximum atomic E-state index is 11.3. The van der Waals surface area contributed by atoms with Gasteiger partial charge in [0, 0.05) is 41.9 Å². The molecule has 1 aliphatic rings. The molecule has 3 rings (SSSR count). The zero-order valence-corrected chi connectivity index (χ0v) is 28.9. The fourth-order valence-electron chi connectivity index (χ4n) is 5.00. The number of hydrogen-bond acceptors (Lipinski definition) is 7. The summed E-state index contributed by atoms with van der Waals surface area (Å²) in [5.74, 6) is 0. The minimum absolute atomic E-state index is 0.321. The number of aliphatic hydroxyl groups is 1. The molecule has 0 bridgehead atoms. The SMILES string of the molecule is CCCCOCC1OC(c2ccc(Cl)c(C(O)c3ccc(Br)s3)c2)[C@H](OCCCC)C(OCCCC)[C@@H]1OCCCC. The van der Waals surface area contributed by atoms with Crippen LogP contribution in [-0.4, -0.2) is 62.6 Å². The lowest BCUT2D eigenvalue weighted by Crippen LogP contribution is -2.58. The van der Waals surface area contributed by atoms with Crippen LogP contribution in [0.1, 0.15) is 107 Å². The highest BCUT2D eigenvalue weighted by atomic mass is 79.9. The number of aliphatic hydroxyl groups excluding tert-OH is 1. The zero-order chi connectivity index (χ0) is 30.3. The summed E-state index contributed by atoms with van der Waals surface area (Å²) in [5.41, 5.74) is 1.53. The topological polar surface area (TPSA) is 66.4 Å². The molecule has 1 N–H and O–H groups in total. The van der Waals surface area contributed by atoms with Crippen molar-refractivity contribution in [2.75, 3.05) is 33.0 Å². The van der Waals surface area contributed by atoms with Crippen molar-refractivity contribution in [3.63, 3.8) is 0 Å². The molecular weight excluding hydrogens is 640 g/mol. The van der Waals surface area contributed by atoms with Gasteiger partial charge in [0.05, 0.1) is 10.4 Å². The average Bonchev–Trinajstić information content (AvgIpc) is 3.43. The Kier molecular flexibility index (Phi) is 16.9. The van der Waals surface area contributed by atoms with Crippen molar-refractivity contribution in [3.05, 3.63) is 55.1 Å². The minimum Gasteiger partial charge on any atom is -0.383 e. The number of halogens is 2. The second kappa shape index (κ2) is 19.8. The Bertz CT molecular complexity index is 1020. The Balaban J connectivity index is 2.01. The Labute approximate surface area is 270 Å². The first-order valence-electron chi connectivity index (χ1n) is 15.8. The normalized spacial score (nSPS) is 23.4. The third-order valence-corrected chi connectivity index (χ3v) is 9.51. The van der Waals surface area contributed by atoms with Crippen LogP contribution in [0.3, 0.4) is 0 Å². The highest BCUT2D eigenvalue weighted by Gasteiger charge is 2.48. The molecule has 6 nitrogen and oxygen atoms in total. The van der Waals surface area contributed by atoms with Crippen molar-refractivity contribution in [2.24, 2.45) is 0 Å². The molecular formula is C33H50BrClO6S. The molecule has 42 heavy (non-hydrogen) atoms. The van der Waals surface area contributed by atoms with E-state index in [1.54, 1.807) is 0 Å². The Morgan fingerprint density at radius 3 is 2.02 bits per heavy atom. The lowest BCUT2D eigenvalue weighted by molar-refractivity contribution is -0.268. The summed E-state index contributed by atoms with van der Waals surface area (Å²) in [6.07, 6.45) is 5.34. The molecule has 1 aliphatic heterocycles. The van der Waals surface area contributed by atoms with Gasteiger partial charge < -0.3 is 28.8 Å². The van der Waals surface area contributed by atoms with Crippen molar-refractivity contribution < 1.29 is 28.8 Å². The lowest BCUT2D eigenvalue weighted by Gasteiger charge is -2.46. The number of unbranched alkanes of at least 4 members (excludes halogenated alkanes) is 4. The number of hydrogen-bond donors (Lipinski definition) is 1. The molecule has 0 radical (unpaired) electrons. The Morgan fingerprint density at radius 1 is 0.833 bits per heavy atom. The highest BCUT2D eigenvalue weighted by molar-refractivity contribution is 9.11. The van der Waals surface area contributed by atoms with Crippen LogP contribution in [0.5, 0.6) is 0 Å². The standard InChI is InChI=1S/C33H50BrClO6S/c1-5-9-17-37-22-26-31(38-18-10-6-2)33(40-20-12-8-4)32(39-19-11-7-3)30(41-26)23-13-14-25(35)24(21-23)29(36)27-15-16-28(34)42-27/h13-16,21,26,29-33,36H,5-12,17-20,22H2,1-4H3/t26?,29?,30?,31-,32+,33?/m1/s1. The Morgan fingerprint density at radius 2 is 1.43 bits per heavy atom. The van der Waals surface area contributed by atoms with Gasteiger partial charge in [-0.2, -0.15) is 0 Å². The largest absolute Gasteiger partial charge is 0.383 e. The number of rotatable bonds is 20. The molecule has 0 saturated carbocycles. The first-order valence-corrected chi connectivity index (χ1v) is 17.7. The molecule has 1 fully saturated rings. The van der Waals surface area contributed by atoms with Crippen LogP contribution < -0.4 is 0 Å². The van der Waals surface area contributed by atoms with E-state index in [0.717, 1.165) is 65.6 Å². The van der Waals surface area contributed by atoms with Crippen molar-refractivity contribution >= 4 is 38.9 Å². The van der Waals surface area contributed by atoms with Gasteiger partial charge in [0.25, 0.3) is 0 Å². The second-order valence-electron chi connectivity index (χ2n) is 10.9. The smallest absolute Gasteiger partial charge is 0.117 e. The van der Waals surface area contributed by atoms with E-state index < -0.39 is 18.3 Å². The van der Waals surface area contributed by atoms with Gasteiger partial charge in [0.15, 0.2) is 0 Å². The molecule has 238 valence electrons. The molecule has 0 aliphatic carbocycles. The summed E-state index contributed by atoms with van der Waals surface area (Å²) in [7, 11) is 0. The van der Waals surface area contributed by atoms with Crippen LogP contribution in [0.4, 0.5) is 0 Å². The van der Waals surface area contributed by atoms with E-state index in [1.165, 1.54) is 11.3 Å². The number of benzene rings is 1. The highest BCUT2D eigenvalue weighted by Crippen LogP contribution is 2.41. The van der Waals surface area contributed by atoms with Crippen LogP contribution in [0.15, 0.2) is 34.1 Å². The van der Waals surface area contributed by atoms with E-state index in [4.69, 9.17) is 35.3 Å². The van der Waals surface area contributed by atoms with Gasteiger partial charge >= 0.3 is 0 Å². The fraction of sp³-hybridized carbons (Fsp3) is 0.697. The predicted molar refractivity (Wildman–Crippen MR) is 175 cm³/mol.